The molecule has 2 rings (SSSR count). The summed E-state index contributed by atoms with van der Waals surface area (Å²) >= 11 is 0. The molecule has 0 N–H and O–H groups in total. The van der Waals surface area contributed by atoms with Crippen LogP contribution in [0.1, 0.15) is 29.0 Å². The molecular formula is C9H10N4O2. The van der Waals surface area contributed by atoms with E-state index >= 15 is 0 Å². The van der Waals surface area contributed by atoms with Crippen LogP contribution in [0.3, 0.4) is 0 Å². The second-order valence-electron chi connectivity index (χ2n) is 3.02. The zero-order chi connectivity index (χ0) is 10.8. The van der Waals surface area contributed by atoms with Crippen LogP contribution in [0.25, 0.3) is 0 Å². The fourth-order valence-electron chi connectivity index (χ4n) is 1.27. The molecule has 0 bridgehead atoms. The van der Waals surface area contributed by atoms with Crippen LogP contribution in [-0.2, 0) is 6.54 Å². The van der Waals surface area contributed by atoms with E-state index in [1.165, 1.54) is 17.1 Å². The molecule has 0 atom stereocenters. The Kier molecular flexibility index (Phi) is 2.32. The summed E-state index contributed by atoms with van der Waals surface area (Å²) in [6, 6.07) is 0. The van der Waals surface area contributed by atoms with Gasteiger partial charge in [0.15, 0.2) is 11.6 Å². The first kappa shape index (κ1) is 9.57. The number of carbonyl (C=O) groups excluding carboxylic acids is 1. The SMILES string of the molecule is CCn1nncc1C(=O)c1coc(C)n1. The smallest absolute Gasteiger partial charge is 0.234 e. The third-order valence-electron chi connectivity index (χ3n) is 2.00. The number of nitrogens with zero attached hydrogens (tertiary/aromatic N) is 4. The van der Waals surface area contributed by atoms with E-state index in [0.29, 0.717) is 18.1 Å². The van der Waals surface area contributed by atoms with Crippen molar-refractivity contribution in [3.63, 3.8) is 0 Å². The zero-order valence-corrected chi connectivity index (χ0v) is 8.47. The van der Waals surface area contributed by atoms with Gasteiger partial charge in [0.1, 0.15) is 12.0 Å². The first-order chi connectivity index (χ1) is 7.22. The molecule has 0 aliphatic carbocycles. The van der Waals surface area contributed by atoms with Gasteiger partial charge in [0.2, 0.25) is 5.78 Å². The molecule has 0 amide bonds. The topological polar surface area (TPSA) is 73.8 Å². The van der Waals surface area contributed by atoms with Gasteiger partial charge in [-0.05, 0) is 6.92 Å². The van der Waals surface area contributed by atoms with Crippen LogP contribution in [0.15, 0.2) is 16.9 Å². The number of hydrogen-bond donors (Lipinski definition) is 0. The van der Waals surface area contributed by atoms with Crippen molar-refractivity contribution >= 4 is 5.78 Å². The Labute approximate surface area is 85.9 Å². The Balaban J connectivity index is 2.36. The molecule has 0 radical (unpaired) electrons. The molecule has 0 spiro atoms. The second kappa shape index (κ2) is 3.64. The fourth-order valence-corrected chi connectivity index (χ4v) is 1.27. The van der Waals surface area contributed by atoms with E-state index in [4.69, 9.17) is 4.42 Å². The van der Waals surface area contributed by atoms with Crippen molar-refractivity contribution in [3.05, 3.63) is 29.7 Å². The van der Waals surface area contributed by atoms with Crippen LogP contribution in [0.4, 0.5) is 0 Å². The summed E-state index contributed by atoms with van der Waals surface area (Å²) in [6.07, 6.45) is 2.76. The third kappa shape index (κ3) is 1.65. The van der Waals surface area contributed by atoms with Gasteiger partial charge in [-0.1, -0.05) is 5.21 Å². The van der Waals surface area contributed by atoms with Gasteiger partial charge < -0.3 is 4.42 Å². The van der Waals surface area contributed by atoms with Crippen molar-refractivity contribution in [1.82, 2.24) is 20.0 Å². The molecule has 6 heteroatoms. The van der Waals surface area contributed by atoms with E-state index in [2.05, 4.69) is 15.3 Å². The Morgan fingerprint density at radius 2 is 2.40 bits per heavy atom. The molecule has 0 aliphatic rings. The maximum atomic E-state index is 11.9. The van der Waals surface area contributed by atoms with Crippen molar-refractivity contribution in [2.24, 2.45) is 0 Å². The highest BCUT2D eigenvalue weighted by Gasteiger charge is 2.17. The first-order valence-electron chi connectivity index (χ1n) is 4.57. The van der Waals surface area contributed by atoms with Gasteiger partial charge in [-0.2, -0.15) is 0 Å². The standard InChI is InChI=1S/C9H10N4O2/c1-3-13-8(4-10-12-13)9(14)7-5-15-6(2)11-7/h4-5H,3H2,1-2H3. The number of carbonyl (C=O) groups is 1. The lowest BCUT2D eigenvalue weighted by atomic mass is 10.2. The minimum Gasteiger partial charge on any atom is -0.449 e. The summed E-state index contributed by atoms with van der Waals surface area (Å²) < 4.78 is 6.50. The molecule has 78 valence electrons. The van der Waals surface area contributed by atoms with Crippen molar-refractivity contribution in [1.29, 1.82) is 0 Å². The molecule has 0 fully saturated rings. The number of oxazole rings is 1. The van der Waals surface area contributed by atoms with Gasteiger partial charge in [0.05, 0.1) is 6.20 Å². The minimum atomic E-state index is -0.223. The molecule has 0 aliphatic heterocycles. The predicted octanol–water partition coefficient (Wildman–Crippen LogP) is 0.825. The average molecular weight is 206 g/mol. The van der Waals surface area contributed by atoms with Crippen molar-refractivity contribution in [2.45, 2.75) is 20.4 Å². The van der Waals surface area contributed by atoms with E-state index < -0.39 is 0 Å². The summed E-state index contributed by atoms with van der Waals surface area (Å²) in [4.78, 5) is 15.8. The Bertz CT molecular complexity index is 486. The maximum Gasteiger partial charge on any atom is 0.234 e. The second-order valence-corrected chi connectivity index (χ2v) is 3.02. The molecule has 2 aromatic rings. The van der Waals surface area contributed by atoms with Gasteiger partial charge in [0, 0.05) is 13.5 Å². The van der Waals surface area contributed by atoms with Gasteiger partial charge in [-0.15, -0.1) is 5.10 Å². The Hall–Kier alpha value is -1.98. The maximum absolute atomic E-state index is 11.9. The van der Waals surface area contributed by atoms with Crippen LogP contribution in [0, 0.1) is 6.92 Å². The molecular weight excluding hydrogens is 196 g/mol. The first-order valence-corrected chi connectivity index (χ1v) is 4.57. The van der Waals surface area contributed by atoms with Crippen molar-refractivity contribution < 1.29 is 9.21 Å². The van der Waals surface area contributed by atoms with E-state index in [1.807, 2.05) is 6.92 Å². The summed E-state index contributed by atoms with van der Waals surface area (Å²) in [6.45, 7) is 4.17. The number of aryl methyl sites for hydroxylation is 2. The molecule has 2 heterocycles. The summed E-state index contributed by atoms with van der Waals surface area (Å²) in [5.74, 6) is 0.243. The molecule has 15 heavy (non-hydrogen) atoms. The quantitative estimate of drug-likeness (QED) is 0.695. The van der Waals surface area contributed by atoms with Crippen molar-refractivity contribution in [2.75, 3.05) is 0 Å². The minimum absolute atomic E-state index is 0.223. The molecule has 0 unspecified atom stereocenters. The lowest BCUT2D eigenvalue weighted by Gasteiger charge is -1.98. The number of hydrogen-bond acceptors (Lipinski definition) is 5. The highest BCUT2D eigenvalue weighted by atomic mass is 16.3. The molecule has 0 saturated heterocycles. The normalized spacial score (nSPS) is 10.5. The monoisotopic (exact) mass is 206 g/mol. The zero-order valence-electron chi connectivity index (χ0n) is 8.47. The van der Waals surface area contributed by atoms with Crippen LogP contribution in [0.5, 0.6) is 0 Å². The molecule has 0 aromatic carbocycles. The van der Waals surface area contributed by atoms with Crippen molar-refractivity contribution in [3.8, 4) is 0 Å². The van der Waals surface area contributed by atoms with Crippen LogP contribution >= 0.6 is 0 Å². The van der Waals surface area contributed by atoms with Gasteiger partial charge in [-0.25, -0.2) is 9.67 Å². The number of rotatable bonds is 3. The number of ketones is 1. The summed E-state index contributed by atoms with van der Waals surface area (Å²) in [5, 5.41) is 7.46. The van der Waals surface area contributed by atoms with E-state index in [1.54, 1.807) is 6.92 Å². The molecule has 0 saturated carbocycles. The molecule has 2 aromatic heterocycles. The summed E-state index contributed by atoms with van der Waals surface area (Å²) in [5.41, 5.74) is 0.704. The Morgan fingerprint density at radius 3 is 3.00 bits per heavy atom. The lowest BCUT2D eigenvalue weighted by Crippen LogP contribution is -2.10. The lowest BCUT2D eigenvalue weighted by molar-refractivity contribution is 0.102. The largest absolute Gasteiger partial charge is 0.449 e. The fraction of sp³-hybridized carbons (Fsp3) is 0.333. The highest BCUT2D eigenvalue weighted by molar-refractivity contribution is 6.06. The van der Waals surface area contributed by atoms with Gasteiger partial charge in [-0.3, -0.25) is 4.79 Å². The van der Waals surface area contributed by atoms with E-state index in [-0.39, 0.29) is 11.5 Å². The van der Waals surface area contributed by atoms with Crippen LogP contribution in [-0.4, -0.2) is 25.8 Å². The van der Waals surface area contributed by atoms with Crippen LogP contribution < -0.4 is 0 Å². The number of aromatic nitrogens is 4. The van der Waals surface area contributed by atoms with E-state index in [0.717, 1.165) is 0 Å². The summed E-state index contributed by atoms with van der Waals surface area (Å²) in [7, 11) is 0. The highest BCUT2D eigenvalue weighted by Crippen LogP contribution is 2.08. The Morgan fingerprint density at radius 1 is 1.60 bits per heavy atom. The van der Waals surface area contributed by atoms with Gasteiger partial charge in [0.25, 0.3) is 0 Å². The third-order valence-corrected chi connectivity index (χ3v) is 2.00. The molecule has 6 nitrogen and oxygen atoms in total. The van der Waals surface area contributed by atoms with E-state index in [9.17, 15) is 4.79 Å². The predicted molar refractivity (Wildman–Crippen MR) is 50.4 cm³/mol. The van der Waals surface area contributed by atoms with Gasteiger partial charge >= 0.3 is 0 Å². The van der Waals surface area contributed by atoms with Crippen LogP contribution in [0.2, 0.25) is 0 Å². The average Bonchev–Trinajstić information content (AvgIpc) is 2.84.